The van der Waals surface area contributed by atoms with Gasteiger partial charge in [0.2, 0.25) is 0 Å². The van der Waals surface area contributed by atoms with Crippen molar-refractivity contribution in [2.75, 3.05) is 6.54 Å². The first kappa shape index (κ1) is 19.5. The first-order valence-corrected chi connectivity index (χ1v) is 9.05. The molecule has 2 N–H and O–H groups in total. The summed E-state index contributed by atoms with van der Waals surface area (Å²) in [5.74, 6) is -1.08. The van der Waals surface area contributed by atoms with Gasteiger partial charge in [0.15, 0.2) is 0 Å². The Hall–Kier alpha value is -2.81. The molecule has 0 aliphatic rings. The number of carbonyl (C=O) groups excluding carboxylic acids is 1. The number of nitrogens with one attached hydrogen (secondary N) is 1. The zero-order valence-electron chi connectivity index (χ0n) is 14.0. The zero-order valence-corrected chi connectivity index (χ0v) is 14.8. The van der Waals surface area contributed by atoms with E-state index in [0.29, 0.717) is 23.5 Å². The number of thiazole rings is 1. The lowest BCUT2D eigenvalue weighted by molar-refractivity contribution is -0.384. The molecule has 0 unspecified atom stereocenters. The fraction of sp³-hybridized carbons (Fsp3) is 0.353. The predicted octanol–water partition coefficient (Wildman–Crippen LogP) is 3.48. The molecule has 0 bridgehead atoms. The molecule has 1 aromatic heterocycles. The SMILES string of the molecule is O=C(O)CCCCCCNC(=O)c1csc(-c2cccc([N+](=O)[O-])c2)n1. The van der Waals surface area contributed by atoms with Gasteiger partial charge in [-0.1, -0.05) is 25.0 Å². The van der Waals surface area contributed by atoms with Crippen LogP contribution in [0.3, 0.4) is 0 Å². The van der Waals surface area contributed by atoms with Gasteiger partial charge < -0.3 is 10.4 Å². The summed E-state index contributed by atoms with van der Waals surface area (Å²) in [4.78, 5) is 37.1. The number of carbonyl (C=O) groups is 2. The average Bonchev–Trinajstić information content (AvgIpc) is 3.11. The fourth-order valence-electron chi connectivity index (χ4n) is 2.31. The molecular formula is C17H19N3O5S. The highest BCUT2D eigenvalue weighted by Gasteiger charge is 2.13. The molecule has 0 atom stereocenters. The van der Waals surface area contributed by atoms with Crippen molar-refractivity contribution in [3.8, 4) is 10.6 Å². The highest BCUT2D eigenvalue weighted by atomic mass is 32.1. The molecule has 0 spiro atoms. The number of unbranched alkanes of at least 4 members (excludes halogenated alkanes) is 3. The lowest BCUT2D eigenvalue weighted by Crippen LogP contribution is -2.24. The van der Waals surface area contributed by atoms with Crippen LogP contribution in [0.2, 0.25) is 0 Å². The van der Waals surface area contributed by atoms with Crippen molar-refractivity contribution in [3.05, 3.63) is 45.5 Å². The number of nitro benzene ring substituents is 1. The van der Waals surface area contributed by atoms with Crippen LogP contribution in [0, 0.1) is 10.1 Å². The topological polar surface area (TPSA) is 122 Å². The molecule has 0 aliphatic carbocycles. The van der Waals surface area contributed by atoms with Crippen molar-refractivity contribution in [3.63, 3.8) is 0 Å². The zero-order chi connectivity index (χ0) is 18.9. The third kappa shape index (κ3) is 5.92. The molecule has 9 heteroatoms. The van der Waals surface area contributed by atoms with Gasteiger partial charge >= 0.3 is 5.97 Å². The Labute approximate surface area is 154 Å². The summed E-state index contributed by atoms with van der Waals surface area (Å²) in [5, 5.41) is 24.3. The Morgan fingerprint density at radius 2 is 2.00 bits per heavy atom. The van der Waals surface area contributed by atoms with Gasteiger partial charge in [0, 0.05) is 36.0 Å². The highest BCUT2D eigenvalue weighted by molar-refractivity contribution is 7.13. The van der Waals surface area contributed by atoms with Crippen LogP contribution in [0.15, 0.2) is 29.6 Å². The van der Waals surface area contributed by atoms with Gasteiger partial charge in [-0.2, -0.15) is 0 Å². The maximum atomic E-state index is 12.1. The number of carboxylic acids is 1. The van der Waals surface area contributed by atoms with Gasteiger partial charge in [-0.3, -0.25) is 19.7 Å². The number of amides is 1. The molecule has 2 aromatic rings. The maximum Gasteiger partial charge on any atom is 0.303 e. The van der Waals surface area contributed by atoms with E-state index in [9.17, 15) is 19.7 Å². The summed E-state index contributed by atoms with van der Waals surface area (Å²) < 4.78 is 0. The van der Waals surface area contributed by atoms with Crippen LogP contribution in [0.4, 0.5) is 5.69 Å². The molecule has 26 heavy (non-hydrogen) atoms. The predicted molar refractivity (Wildman–Crippen MR) is 97.3 cm³/mol. The normalized spacial score (nSPS) is 10.5. The number of nitrogens with zero attached hydrogens (tertiary/aromatic N) is 2. The van der Waals surface area contributed by atoms with Crippen molar-refractivity contribution in [2.45, 2.75) is 32.1 Å². The third-order valence-corrected chi connectivity index (χ3v) is 4.54. The highest BCUT2D eigenvalue weighted by Crippen LogP contribution is 2.26. The van der Waals surface area contributed by atoms with E-state index in [4.69, 9.17) is 5.11 Å². The molecule has 1 heterocycles. The molecule has 1 aromatic carbocycles. The number of hydrogen-bond donors (Lipinski definition) is 2. The van der Waals surface area contributed by atoms with Crippen LogP contribution in [0.25, 0.3) is 10.6 Å². The van der Waals surface area contributed by atoms with E-state index in [2.05, 4.69) is 10.3 Å². The molecule has 8 nitrogen and oxygen atoms in total. The first-order chi connectivity index (χ1) is 12.5. The molecule has 138 valence electrons. The van der Waals surface area contributed by atoms with Crippen molar-refractivity contribution in [2.24, 2.45) is 0 Å². The summed E-state index contributed by atoms with van der Waals surface area (Å²) in [7, 11) is 0. The van der Waals surface area contributed by atoms with E-state index in [1.165, 1.54) is 23.5 Å². The molecular weight excluding hydrogens is 358 g/mol. The Morgan fingerprint density at radius 1 is 1.23 bits per heavy atom. The Balaban J connectivity index is 1.81. The van der Waals surface area contributed by atoms with Gasteiger partial charge in [-0.15, -0.1) is 11.3 Å². The van der Waals surface area contributed by atoms with Crippen LogP contribution in [-0.2, 0) is 4.79 Å². The van der Waals surface area contributed by atoms with Crippen molar-refractivity contribution in [1.29, 1.82) is 0 Å². The fourth-order valence-corrected chi connectivity index (χ4v) is 3.11. The van der Waals surface area contributed by atoms with Gasteiger partial charge in [-0.05, 0) is 12.8 Å². The average molecular weight is 377 g/mol. The number of nitro groups is 1. The van der Waals surface area contributed by atoms with Crippen LogP contribution in [-0.4, -0.2) is 33.4 Å². The van der Waals surface area contributed by atoms with Crippen LogP contribution in [0.1, 0.15) is 42.6 Å². The monoisotopic (exact) mass is 377 g/mol. The van der Waals surface area contributed by atoms with Crippen molar-refractivity contribution >= 4 is 28.9 Å². The summed E-state index contributed by atoms with van der Waals surface area (Å²) in [6, 6.07) is 6.13. The largest absolute Gasteiger partial charge is 0.481 e. The summed E-state index contributed by atoms with van der Waals surface area (Å²) in [6.07, 6.45) is 3.25. The van der Waals surface area contributed by atoms with E-state index in [0.717, 1.165) is 19.3 Å². The second-order valence-corrected chi connectivity index (χ2v) is 6.52. The second kappa shape index (κ2) is 9.62. The van der Waals surface area contributed by atoms with E-state index < -0.39 is 10.9 Å². The maximum absolute atomic E-state index is 12.1. The van der Waals surface area contributed by atoms with E-state index in [1.54, 1.807) is 17.5 Å². The number of non-ortho nitro benzene ring substituents is 1. The molecule has 1 amide bonds. The van der Waals surface area contributed by atoms with Gasteiger partial charge in [0.1, 0.15) is 10.7 Å². The number of hydrogen-bond acceptors (Lipinski definition) is 6. The number of aliphatic carboxylic acids is 1. The molecule has 0 aliphatic heterocycles. The second-order valence-electron chi connectivity index (χ2n) is 5.66. The number of benzene rings is 1. The van der Waals surface area contributed by atoms with E-state index >= 15 is 0 Å². The van der Waals surface area contributed by atoms with Crippen LogP contribution in [0.5, 0.6) is 0 Å². The van der Waals surface area contributed by atoms with Gasteiger partial charge in [0.25, 0.3) is 11.6 Å². The Morgan fingerprint density at radius 3 is 2.73 bits per heavy atom. The summed E-state index contributed by atoms with van der Waals surface area (Å²) in [5.41, 5.74) is 0.857. The lowest BCUT2D eigenvalue weighted by atomic mass is 10.1. The third-order valence-electron chi connectivity index (χ3n) is 3.64. The Bertz CT molecular complexity index is 790. The minimum absolute atomic E-state index is 0.0217. The minimum Gasteiger partial charge on any atom is -0.481 e. The molecule has 2 rings (SSSR count). The number of rotatable bonds is 10. The van der Waals surface area contributed by atoms with E-state index in [1.807, 2.05) is 0 Å². The van der Waals surface area contributed by atoms with E-state index in [-0.39, 0.29) is 23.7 Å². The van der Waals surface area contributed by atoms with Crippen molar-refractivity contribution in [1.82, 2.24) is 10.3 Å². The quantitative estimate of drug-likeness (QED) is 0.371. The molecule has 0 fully saturated rings. The first-order valence-electron chi connectivity index (χ1n) is 8.17. The summed E-state index contributed by atoms with van der Waals surface area (Å²) in [6.45, 7) is 0.496. The minimum atomic E-state index is -0.790. The van der Waals surface area contributed by atoms with Crippen LogP contribution >= 0.6 is 11.3 Å². The standard InChI is InChI=1S/C17H19N3O5S/c21-15(22)8-3-1-2-4-9-18-16(23)14-11-26-17(19-14)12-6-5-7-13(10-12)20(24)25/h5-7,10-11H,1-4,8-9H2,(H,18,23)(H,21,22). The molecule has 0 saturated heterocycles. The molecule has 0 radical (unpaired) electrons. The molecule has 0 saturated carbocycles. The lowest BCUT2D eigenvalue weighted by Gasteiger charge is -2.03. The smallest absolute Gasteiger partial charge is 0.303 e. The van der Waals surface area contributed by atoms with Gasteiger partial charge in [-0.25, -0.2) is 4.98 Å². The Kier molecular flexibility index (Phi) is 7.22. The van der Waals surface area contributed by atoms with Gasteiger partial charge in [0.05, 0.1) is 4.92 Å². The number of aromatic nitrogens is 1. The van der Waals surface area contributed by atoms with Crippen LogP contribution < -0.4 is 5.32 Å². The summed E-state index contributed by atoms with van der Waals surface area (Å²) >= 11 is 1.25. The van der Waals surface area contributed by atoms with Crippen molar-refractivity contribution < 1.29 is 19.6 Å². The number of carboxylic acid groups (broad SMARTS) is 1.